The summed E-state index contributed by atoms with van der Waals surface area (Å²) in [6.45, 7) is 0.644. The van der Waals surface area contributed by atoms with Gasteiger partial charge in [-0.2, -0.15) is 0 Å². The van der Waals surface area contributed by atoms with Crippen LogP contribution in [0.25, 0.3) is 0 Å². The first kappa shape index (κ1) is 11.4. The molecule has 0 aromatic carbocycles. The second kappa shape index (κ2) is 4.80. The van der Waals surface area contributed by atoms with Crippen molar-refractivity contribution >= 4 is 49.0 Å². The average molecular weight is 352 g/mol. The Morgan fingerprint density at radius 2 is 2.27 bits per heavy atom. The number of carbonyl (C=O) groups excluding carboxylic acids is 1. The van der Waals surface area contributed by atoms with Crippen molar-refractivity contribution in [3.05, 3.63) is 31.0 Å². The highest BCUT2D eigenvalue weighted by Gasteiger charge is 2.19. The fourth-order valence-corrected chi connectivity index (χ4v) is 3.28. The number of halogens is 2. The summed E-state index contributed by atoms with van der Waals surface area (Å²) < 4.78 is 7.17. The Morgan fingerprint density at radius 1 is 1.47 bits per heavy atom. The molecular formula is C10H8Br2O2S. The van der Waals surface area contributed by atoms with E-state index in [1.807, 2.05) is 12.1 Å². The molecule has 80 valence electrons. The van der Waals surface area contributed by atoms with Gasteiger partial charge in [0.05, 0.1) is 15.3 Å². The molecule has 0 saturated heterocycles. The van der Waals surface area contributed by atoms with Crippen LogP contribution in [-0.4, -0.2) is 12.4 Å². The van der Waals surface area contributed by atoms with Crippen molar-refractivity contribution in [2.75, 3.05) is 6.61 Å². The van der Waals surface area contributed by atoms with E-state index in [-0.39, 0.29) is 5.78 Å². The van der Waals surface area contributed by atoms with Crippen LogP contribution >= 0.6 is 43.2 Å². The molecule has 0 saturated carbocycles. The van der Waals surface area contributed by atoms with E-state index in [9.17, 15) is 4.79 Å². The number of carbonyl (C=O) groups is 1. The molecule has 0 unspecified atom stereocenters. The average Bonchev–Trinajstić information content (AvgIpc) is 2.59. The normalized spacial score (nSPS) is 15.7. The predicted octanol–water partition coefficient (Wildman–Crippen LogP) is 4.15. The van der Waals surface area contributed by atoms with Gasteiger partial charge < -0.3 is 4.74 Å². The lowest BCUT2D eigenvalue weighted by Gasteiger charge is -2.12. The molecule has 5 heteroatoms. The molecule has 1 aliphatic heterocycles. The zero-order valence-corrected chi connectivity index (χ0v) is 11.7. The summed E-state index contributed by atoms with van der Waals surface area (Å²) in [4.78, 5) is 12.6. The van der Waals surface area contributed by atoms with Crippen LogP contribution in [-0.2, 0) is 4.74 Å². The van der Waals surface area contributed by atoms with Gasteiger partial charge in [-0.3, -0.25) is 4.79 Å². The fourth-order valence-electron chi connectivity index (χ4n) is 1.30. The molecule has 2 rings (SSSR count). The summed E-state index contributed by atoms with van der Waals surface area (Å²) in [5, 5.41) is 0. The van der Waals surface area contributed by atoms with Crippen molar-refractivity contribution in [3.8, 4) is 0 Å². The van der Waals surface area contributed by atoms with Crippen molar-refractivity contribution in [3.63, 3.8) is 0 Å². The van der Waals surface area contributed by atoms with Crippen LogP contribution in [0.3, 0.4) is 0 Å². The number of thiophene rings is 1. The Kier molecular flexibility index (Phi) is 3.64. The van der Waals surface area contributed by atoms with Gasteiger partial charge >= 0.3 is 0 Å². The van der Waals surface area contributed by atoms with Gasteiger partial charge in [0.15, 0.2) is 5.76 Å². The molecule has 0 fully saturated rings. The molecule has 0 aliphatic carbocycles. The minimum Gasteiger partial charge on any atom is -0.490 e. The van der Waals surface area contributed by atoms with Crippen molar-refractivity contribution in [2.24, 2.45) is 0 Å². The third kappa shape index (κ3) is 2.52. The topological polar surface area (TPSA) is 26.3 Å². The van der Waals surface area contributed by atoms with Gasteiger partial charge in [0, 0.05) is 4.47 Å². The monoisotopic (exact) mass is 350 g/mol. The van der Waals surface area contributed by atoms with E-state index in [1.165, 1.54) is 11.3 Å². The highest BCUT2D eigenvalue weighted by Crippen LogP contribution is 2.33. The first-order chi connectivity index (χ1) is 7.18. The molecular weight excluding hydrogens is 344 g/mol. The lowest BCUT2D eigenvalue weighted by Crippen LogP contribution is -2.10. The predicted molar refractivity (Wildman–Crippen MR) is 67.3 cm³/mol. The van der Waals surface area contributed by atoms with Crippen molar-refractivity contribution < 1.29 is 9.53 Å². The first-order valence-electron chi connectivity index (χ1n) is 4.51. The largest absolute Gasteiger partial charge is 0.490 e. The van der Waals surface area contributed by atoms with Crippen LogP contribution in [0, 0.1) is 0 Å². The molecule has 1 aromatic rings. The van der Waals surface area contributed by atoms with Crippen LogP contribution in [0.4, 0.5) is 0 Å². The van der Waals surface area contributed by atoms with Gasteiger partial charge in [0.2, 0.25) is 5.78 Å². The van der Waals surface area contributed by atoms with E-state index >= 15 is 0 Å². The Labute approximate surface area is 109 Å². The molecule has 0 bridgehead atoms. The van der Waals surface area contributed by atoms with Crippen LogP contribution in [0.15, 0.2) is 26.2 Å². The molecule has 2 nitrogen and oxygen atoms in total. The molecule has 2 heterocycles. The van der Waals surface area contributed by atoms with Gasteiger partial charge in [-0.1, -0.05) is 0 Å². The summed E-state index contributed by atoms with van der Waals surface area (Å²) in [6.07, 6.45) is 3.79. The SMILES string of the molecule is O=C(C1=CCCCO1)c1cc(Br)c(Br)s1. The Morgan fingerprint density at radius 3 is 2.80 bits per heavy atom. The molecule has 0 spiro atoms. The van der Waals surface area contributed by atoms with E-state index < -0.39 is 0 Å². The molecule has 0 N–H and O–H groups in total. The lowest BCUT2D eigenvalue weighted by atomic mass is 10.2. The maximum atomic E-state index is 11.9. The highest BCUT2D eigenvalue weighted by molar-refractivity contribution is 9.13. The summed E-state index contributed by atoms with van der Waals surface area (Å²) >= 11 is 8.14. The number of allylic oxidation sites excluding steroid dienone is 2. The number of rotatable bonds is 2. The Bertz CT molecular complexity index is 404. The summed E-state index contributed by atoms with van der Waals surface area (Å²) in [5.41, 5.74) is 0. The Hall–Kier alpha value is -0.130. The van der Waals surface area contributed by atoms with E-state index in [1.54, 1.807) is 0 Å². The second-order valence-corrected chi connectivity index (χ2v) is 6.34. The van der Waals surface area contributed by atoms with Crippen molar-refractivity contribution in [1.29, 1.82) is 0 Å². The van der Waals surface area contributed by atoms with Gasteiger partial charge in [0.25, 0.3) is 0 Å². The van der Waals surface area contributed by atoms with Gasteiger partial charge in [-0.15, -0.1) is 11.3 Å². The van der Waals surface area contributed by atoms with Crippen molar-refractivity contribution in [1.82, 2.24) is 0 Å². The molecule has 0 radical (unpaired) electrons. The quantitative estimate of drug-likeness (QED) is 0.748. The van der Waals surface area contributed by atoms with Crippen LogP contribution in [0.2, 0.25) is 0 Å². The number of ether oxygens (including phenoxy) is 1. The second-order valence-electron chi connectivity index (χ2n) is 3.12. The van der Waals surface area contributed by atoms with Crippen LogP contribution < -0.4 is 0 Å². The summed E-state index contributed by atoms with van der Waals surface area (Å²) in [7, 11) is 0. The smallest absolute Gasteiger partial charge is 0.237 e. The third-order valence-corrected chi connectivity index (χ3v) is 5.28. The zero-order valence-electron chi connectivity index (χ0n) is 7.76. The highest BCUT2D eigenvalue weighted by atomic mass is 79.9. The number of Topliss-reactive ketones (excluding diaryl/α,β-unsaturated/α-hetero) is 1. The van der Waals surface area contributed by atoms with E-state index in [4.69, 9.17) is 4.74 Å². The maximum absolute atomic E-state index is 11.9. The van der Waals surface area contributed by atoms with E-state index in [0.717, 1.165) is 21.1 Å². The summed E-state index contributed by atoms with van der Waals surface area (Å²) in [5.74, 6) is 0.466. The number of hydrogen-bond donors (Lipinski definition) is 0. The minimum absolute atomic E-state index is 0.0221. The molecule has 1 aliphatic rings. The minimum atomic E-state index is -0.0221. The maximum Gasteiger partial charge on any atom is 0.237 e. The molecule has 0 atom stereocenters. The van der Waals surface area contributed by atoms with Gasteiger partial charge in [-0.25, -0.2) is 0 Å². The lowest BCUT2D eigenvalue weighted by molar-refractivity contribution is 0.0903. The van der Waals surface area contributed by atoms with E-state index in [0.29, 0.717) is 17.2 Å². The standard InChI is InChI=1S/C10H8Br2O2S/c11-6-5-8(15-10(6)12)9(13)7-3-1-2-4-14-7/h3,5H,1-2,4H2. The number of ketones is 1. The summed E-state index contributed by atoms with van der Waals surface area (Å²) in [6, 6.07) is 1.82. The molecule has 15 heavy (non-hydrogen) atoms. The van der Waals surface area contributed by atoms with Crippen LogP contribution in [0.1, 0.15) is 22.5 Å². The van der Waals surface area contributed by atoms with Gasteiger partial charge in [-0.05, 0) is 56.8 Å². The fraction of sp³-hybridized carbons (Fsp3) is 0.300. The molecule has 1 aromatic heterocycles. The van der Waals surface area contributed by atoms with E-state index in [2.05, 4.69) is 31.9 Å². The van der Waals surface area contributed by atoms with Gasteiger partial charge in [0.1, 0.15) is 0 Å². The Balaban J connectivity index is 2.23. The molecule has 0 amide bonds. The third-order valence-electron chi connectivity index (χ3n) is 2.03. The zero-order chi connectivity index (χ0) is 10.8. The van der Waals surface area contributed by atoms with Crippen molar-refractivity contribution in [2.45, 2.75) is 12.8 Å². The number of hydrogen-bond acceptors (Lipinski definition) is 3. The first-order valence-corrected chi connectivity index (χ1v) is 6.91. The van der Waals surface area contributed by atoms with Crippen LogP contribution in [0.5, 0.6) is 0 Å².